The molecule has 0 heterocycles. The van der Waals surface area contributed by atoms with E-state index < -0.39 is 37.4 Å². The first kappa shape index (κ1) is 23.8. The summed E-state index contributed by atoms with van der Waals surface area (Å²) in [5.41, 5.74) is -0.697. The van der Waals surface area contributed by atoms with Gasteiger partial charge >= 0.3 is 11.9 Å². The van der Waals surface area contributed by atoms with Crippen LogP contribution in [0.25, 0.3) is 0 Å². The number of carbonyl (C=O) groups is 2. The van der Waals surface area contributed by atoms with Crippen LogP contribution in [0.1, 0.15) is 20.7 Å². The molecule has 3 rings (SSSR count). The van der Waals surface area contributed by atoms with Crippen LogP contribution in [0.5, 0.6) is 11.5 Å². The molecule has 3 N–H and O–H groups in total. The van der Waals surface area contributed by atoms with Gasteiger partial charge in [-0.2, -0.15) is 0 Å². The van der Waals surface area contributed by atoms with Gasteiger partial charge in [0, 0.05) is 6.26 Å². The zero-order valence-corrected chi connectivity index (χ0v) is 18.6. The van der Waals surface area contributed by atoms with Crippen LogP contribution in [0.2, 0.25) is 0 Å². The normalized spacial score (nSPS) is 11.5. The summed E-state index contributed by atoms with van der Waals surface area (Å²) in [6.45, 7) is 0. The summed E-state index contributed by atoms with van der Waals surface area (Å²) < 4.78 is 56.1. The van der Waals surface area contributed by atoms with Gasteiger partial charge in [-0.15, -0.1) is 0 Å². The van der Waals surface area contributed by atoms with E-state index >= 15 is 0 Å². The molecule has 10 nitrogen and oxygen atoms in total. The first-order chi connectivity index (χ1) is 15.4. The summed E-state index contributed by atoms with van der Waals surface area (Å²) in [6, 6.07) is 13.6. The fourth-order valence-electron chi connectivity index (χ4n) is 2.75. The minimum absolute atomic E-state index is 0.0303. The van der Waals surface area contributed by atoms with E-state index in [1.165, 1.54) is 36.4 Å². The Hall–Kier alpha value is -3.90. The number of hydrogen-bond donors (Lipinski definition) is 3. The summed E-state index contributed by atoms with van der Waals surface area (Å²) in [5, 5.41) is 18.6. The molecule has 0 fully saturated rings. The molecule has 0 unspecified atom stereocenters. The zero-order chi connectivity index (χ0) is 24.4. The molecule has 0 saturated carbocycles. The van der Waals surface area contributed by atoms with E-state index in [2.05, 4.69) is 4.72 Å². The SMILES string of the molecule is CS(=O)(=O)c1ccc(S(=O)(=O)Nc2ccc(Oc3cccc(C(=O)O)c3)cc2C(=O)O)cc1. The lowest BCUT2D eigenvalue weighted by Gasteiger charge is -2.13. The van der Waals surface area contributed by atoms with Crippen LogP contribution in [0.3, 0.4) is 0 Å². The number of ether oxygens (including phenoxy) is 1. The second kappa shape index (κ2) is 8.92. The largest absolute Gasteiger partial charge is 0.478 e. The fraction of sp³-hybridized carbons (Fsp3) is 0.0476. The number of carboxylic acid groups (broad SMARTS) is 2. The Morgan fingerprint density at radius 1 is 0.788 bits per heavy atom. The van der Waals surface area contributed by atoms with E-state index in [0.717, 1.165) is 36.6 Å². The molecule has 0 aromatic heterocycles. The third-order valence-corrected chi connectivity index (χ3v) is 6.85. The predicted molar refractivity (Wildman–Crippen MR) is 117 cm³/mol. The number of sulfonamides is 1. The Kier molecular flexibility index (Phi) is 6.42. The third kappa shape index (κ3) is 5.67. The van der Waals surface area contributed by atoms with Crippen molar-refractivity contribution in [1.29, 1.82) is 0 Å². The highest BCUT2D eigenvalue weighted by atomic mass is 32.2. The van der Waals surface area contributed by atoms with Crippen LogP contribution in [0.4, 0.5) is 5.69 Å². The summed E-state index contributed by atoms with van der Waals surface area (Å²) in [6.07, 6.45) is 0.982. The summed E-state index contributed by atoms with van der Waals surface area (Å²) >= 11 is 0. The molecule has 0 aliphatic rings. The first-order valence-corrected chi connectivity index (χ1v) is 12.5. The average Bonchev–Trinajstić information content (AvgIpc) is 2.74. The molecule has 0 atom stereocenters. The molecular weight excluding hydrogens is 474 g/mol. The smallest absolute Gasteiger partial charge is 0.337 e. The van der Waals surface area contributed by atoms with Gasteiger partial charge in [-0.25, -0.2) is 26.4 Å². The monoisotopic (exact) mass is 491 g/mol. The maximum atomic E-state index is 12.7. The van der Waals surface area contributed by atoms with E-state index in [9.17, 15) is 31.5 Å². The highest BCUT2D eigenvalue weighted by Crippen LogP contribution is 2.29. The van der Waals surface area contributed by atoms with Crippen LogP contribution in [-0.4, -0.2) is 45.2 Å². The molecule has 33 heavy (non-hydrogen) atoms. The molecule has 0 spiro atoms. The highest BCUT2D eigenvalue weighted by molar-refractivity contribution is 7.92. The van der Waals surface area contributed by atoms with E-state index in [4.69, 9.17) is 9.84 Å². The Bertz CT molecular complexity index is 1450. The lowest BCUT2D eigenvalue weighted by Crippen LogP contribution is -2.16. The maximum absolute atomic E-state index is 12.7. The van der Waals surface area contributed by atoms with Crippen LogP contribution in [0, 0.1) is 0 Å². The van der Waals surface area contributed by atoms with Crippen molar-refractivity contribution in [2.75, 3.05) is 11.0 Å². The second-order valence-corrected chi connectivity index (χ2v) is 10.5. The minimum atomic E-state index is -4.23. The van der Waals surface area contributed by atoms with Crippen molar-refractivity contribution in [3.63, 3.8) is 0 Å². The van der Waals surface area contributed by atoms with Crippen molar-refractivity contribution in [3.8, 4) is 11.5 Å². The van der Waals surface area contributed by atoms with Crippen LogP contribution in [-0.2, 0) is 19.9 Å². The van der Waals surface area contributed by atoms with Gasteiger partial charge in [-0.3, -0.25) is 4.72 Å². The second-order valence-electron chi connectivity index (χ2n) is 6.80. The van der Waals surface area contributed by atoms with Crippen molar-refractivity contribution in [3.05, 3.63) is 77.9 Å². The lowest BCUT2D eigenvalue weighted by molar-refractivity contribution is 0.0686. The first-order valence-electron chi connectivity index (χ1n) is 9.08. The number of aromatic carboxylic acids is 2. The van der Waals surface area contributed by atoms with Gasteiger partial charge in [-0.05, 0) is 60.7 Å². The zero-order valence-electron chi connectivity index (χ0n) is 16.9. The Morgan fingerprint density at radius 3 is 1.97 bits per heavy atom. The Morgan fingerprint density at radius 2 is 1.39 bits per heavy atom. The van der Waals surface area contributed by atoms with Crippen molar-refractivity contribution < 1.29 is 41.4 Å². The number of hydrogen-bond acceptors (Lipinski definition) is 7. The molecule has 0 radical (unpaired) electrons. The number of nitrogens with one attached hydrogen (secondary N) is 1. The van der Waals surface area contributed by atoms with E-state index in [-0.39, 0.29) is 32.5 Å². The van der Waals surface area contributed by atoms with Crippen LogP contribution < -0.4 is 9.46 Å². The van der Waals surface area contributed by atoms with Crippen LogP contribution >= 0.6 is 0 Å². The van der Waals surface area contributed by atoms with Gasteiger partial charge in [0.2, 0.25) is 0 Å². The van der Waals surface area contributed by atoms with Gasteiger partial charge < -0.3 is 14.9 Å². The van der Waals surface area contributed by atoms with E-state index in [0.29, 0.717) is 0 Å². The number of benzene rings is 3. The Balaban J connectivity index is 1.90. The van der Waals surface area contributed by atoms with E-state index in [1.54, 1.807) is 0 Å². The molecule has 0 bridgehead atoms. The Labute approximate surface area is 189 Å². The number of anilines is 1. The summed E-state index contributed by atoms with van der Waals surface area (Å²) in [5.74, 6) is -2.42. The molecule has 0 aliphatic heterocycles. The minimum Gasteiger partial charge on any atom is -0.478 e. The van der Waals surface area contributed by atoms with Crippen molar-refractivity contribution in [1.82, 2.24) is 0 Å². The van der Waals surface area contributed by atoms with Gasteiger partial charge in [0.1, 0.15) is 11.5 Å². The predicted octanol–water partition coefficient (Wildman–Crippen LogP) is 3.08. The molecule has 12 heteroatoms. The van der Waals surface area contributed by atoms with Crippen LogP contribution in [0.15, 0.2) is 76.5 Å². The van der Waals surface area contributed by atoms with E-state index in [1.807, 2.05) is 0 Å². The van der Waals surface area contributed by atoms with Crippen molar-refractivity contribution in [2.45, 2.75) is 9.79 Å². The van der Waals surface area contributed by atoms with Crippen molar-refractivity contribution >= 4 is 37.5 Å². The number of carboxylic acids is 2. The van der Waals surface area contributed by atoms with Gasteiger partial charge in [0.05, 0.1) is 26.6 Å². The molecule has 172 valence electrons. The number of rotatable bonds is 8. The summed E-state index contributed by atoms with van der Waals surface area (Å²) in [4.78, 5) is 22.5. The van der Waals surface area contributed by atoms with Crippen molar-refractivity contribution in [2.24, 2.45) is 0 Å². The highest BCUT2D eigenvalue weighted by Gasteiger charge is 2.20. The fourth-order valence-corrected chi connectivity index (χ4v) is 4.46. The molecular formula is C21H17NO9S2. The van der Waals surface area contributed by atoms with Gasteiger partial charge in [-0.1, -0.05) is 6.07 Å². The standard InChI is InChI=1S/C21H17NO9S2/c1-32(27,28)16-6-8-17(9-7-16)33(29,30)22-19-10-5-15(12-18(19)21(25)26)31-14-4-2-3-13(11-14)20(23)24/h2-12,22H,1H3,(H,23,24)(H,25,26). The molecule has 3 aromatic rings. The lowest BCUT2D eigenvalue weighted by atomic mass is 10.1. The molecule has 0 amide bonds. The van der Waals surface area contributed by atoms with Gasteiger partial charge in [0.15, 0.2) is 9.84 Å². The molecule has 0 saturated heterocycles. The quantitative estimate of drug-likeness (QED) is 0.429. The molecule has 3 aromatic carbocycles. The maximum Gasteiger partial charge on any atom is 0.337 e. The van der Waals surface area contributed by atoms with Gasteiger partial charge in [0.25, 0.3) is 10.0 Å². The summed E-state index contributed by atoms with van der Waals surface area (Å²) in [7, 11) is -7.75. The average molecular weight is 491 g/mol. The molecule has 0 aliphatic carbocycles. The number of sulfone groups is 1. The third-order valence-electron chi connectivity index (χ3n) is 4.34. The topological polar surface area (TPSA) is 164 Å².